The monoisotopic (exact) mass is 567 g/mol. The van der Waals surface area contributed by atoms with Crippen LogP contribution in [0.3, 0.4) is 0 Å². The lowest BCUT2D eigenvalue weighted by molar-refractivity contribution is -0.139. The van der Waals surface area contributed by atoms with Crippen molar-refractivity contribution in [2.24, 2.45) is 0 Å². The highest BCUT2D eigenvalue weighted by Crippen LogP contribution is 2.26. The van der Waals surface area contributed by atoms with Crippen molar-refractivity contribution >= 4 is 27.5 Å². The molecule has 0 aromatic heterocycles. The molecule has 3 aromatic carbocycles. The van der Waals surface area contributed by atoms with Gasteiger partial charge in [-0.25, -0.2) is 8.42 Å². The topological polar surface area (TPSA) is 105 Å². The molecule has 0 radical (unpaired) electrons. The summed E-state index contributed by atoms with van der Waals surface area (Å²) in [5.41, 5.74) is 1.06. The van der Waals surface area contributed by atoms with E-state index < -0.39 is 28.5 Å². The fourth-order valence-electron chi connectivity index (χ4n) is 4.01. The predicted molar refractivity (Wildman–Crippen MR) is 155 cm³/mol. The van der Waals surface area contributed by atoms with Crippen molar-refractivity contribution < 1.29 is 27.5 Å². The third kappa shape index (κ3) is 7.53. The summed E-state index contributed by atoms with van der Waals surface area (Å²) in [6, 6.07) is 20.6. The number of hydrogen-bond acceptors (Lipinski definition) is 6. The quantitative estimate of drug-likeness (QED) is 0.332. The first kappa shape index (κ1) is 30.5. The van der Waals surface area contributed by atoms with E-state index >= 15 is 0 Å². The van der Waals surface area contributed by atoms with E-state index in [9.17, 15) is 18.0 Å². The van der Waals surface area contributed by atoms with Gasteiger partial charge in [0.15, 0.2) is 0 Å². The van der Waals surface area contributed by atoms with Crippen LogP contribution in [-0.4, -0.2) is 58.0 Å². The van der Waals surface area contributed by atoms with Gasteiger partial charge in [-0.1, -0.05) is 37.3 Å². The number of carbonyl (C=O) groups is 2. The van der Waals surface area contributed by atoms with Gasteiger partial charge in [-0.2, -0.15) is 0 Å². The van der Waals surface area contributed by atoms with Crippen LogP contribution in [0.1, 0.15) is 32.8 Å². The van der Waals surface area contributed by atoms with Crippen molar-refractivity contribution in [3.8, 4) is 11.5 Å². The first-order chi connectivity index (χ1) is 19.1. The van der Waals surface area contributed by atoms with Crippen molar-refractivity contribution in [2.45, 2.75) is 50.7 Å². The first-order valence-electron chi connectivity index (χ1n) is 13.0. The number of nitrogens with one attached hydrogen (secondary N) is 1. The molecule has 214 valence electrons. The number of nitrogens with zero attached hydrogens (tertiary/aromatic N) is 2. The SMILES string of the molecule is CC[C@@H](C)NC(=O)[C@@H](C)N(Cc1cccc(OC)c1)C(=O)CN(c1ccccc1)S(=O)(=O)c1ccc(OC)cc1. The Hall–Kier alpha value is -4.05. The summed E-state index contributed by atoms with van der Waals surface area (Å²) in [5.74, 6) is 0.256. The fraction of sp³-hybridized carbons (Fsp3) is 0.333. The molecular weight excluding hydrogens is 530 g/mol. The van der Waals surface area contributed by atoms with Crippen LogP contribution in [0.25, 0.3) is 0 Å². The third-order valence-electron chi connectivity index (χ3n) is 6.63. The van der Waals surface area contributed by atoms with Crippen LogP contribution in [-0.2, 0) is 26.2 Å². The van der Waals surface area contributed by atoms with Crippen molar-refractivity contribution in [3.63, 3.8) is 0 Å². The summed E-state index contributed by atoms with van der Waals surface area (Å²) >= 11 is 0. The molecule has 2 amide bonds. The maximum Gasteiger partial charge on any atom is 0.264 e. The number of carbonyl (C=O) groups excluding carboxylic acids is 2. The summed E-state index contributed by atoms with van der Waals surface area (Å²) < 4.78 is 39.2. The highest BCUT2D eigenvalue weighted by atomic mass is 32.2. The molecule has 0 aliphatic carbocycles. The van der Waals surface area contributed by atoms with E-state index in [0.29, 0.717) is 17.2 Å². The molecule has 0 bridgehead atoms. The lowest BCUT2D eigenvalue weighted by Crippen LogP contribution is -2.52. The molecule has 0 heterocycles. The molecule has 0 aliphatic rings. The highest BCUT2D eigenvalue weighted by Gasteiger charge is 2.32. The van der Waals surface area contributed by atoms with Crippen LogP contribution in [0, 0.1) is 0 Å². The number of anilines is 1. The van der Waals surface area contributed by atoms with Crippen molar-refractivity contribution in [2.75, 3.05) is 25.1 Å². The minimum atomic E-state index is -4.15. The Bertz CT molecular complexity index is 1380. The first-order valence-corrected chi connectivity index (χ1v) is 14.5. The van der Waals surface area contributed by atoms with Gasteiger partial charge in [0.1, 0.15) is 24.1 Å². The summed E-state index contributed by atoms with van der Waals surface area (Å²) in [6.45, 7) is 5.05. The molecule has 0 unspecified atom stereocenters. The maximum atomic E-state index is 14.0. The summed E-state index contributed by atoms with van der Waals surface area (Å²) in [5, 5.41) is 2.92. The average Bonchev–Trinajstić information content (AvgIpc) is 2.98. The molecule has 0 aliphatic heterocycles. The van der Waals surface area contributed by atoms with Gasteiger partial charge in [0.2, 0.25) is 11.8 Å². The van der Waals surface area contributed by atoms with Crippen LogP contribution >= 0.6 is 0 Å². The zero-order valence-corrected chi connectivity index (χ0v) is 24.4. The van der Waals surface area contributed by atoms with E-state index in [0.717, 1.165) is 16.3 Å². The number of amides is 2. The van der Waals surface area contributed by atoms with Gasteiger partial charge in [0, 0.05) is 12.6 Å². The lowest BCUT2D eigenvalue weighted by atomic mass is 10.1. The second-order valence-corrected chi connectivity index (χ2v) is 11.3. The largest absolute Gasteiger partial charge is 0.497 e. The number of rotatable bonds is 13. The molecule has 40 heavy (non-hydrogen) atoms. The lowest BCUT2D eigenvalue weighted by Gasteiger charge is -2.32. The third-order valence-corrected chi connectivity index (χ3v) is 8.41. The minimum absolute atomic E-state index is 0.00635. The fourth-order valence-corrected chi connectivity index (χ4v) is 5.43. The Morgan fingerprint density at radius 3 is 2.12 bits per heavy atom. The zero-order valence-electron chi connectivity index (χ0n) is 23.5. The number of benzene rings is 3. The Labute approximate surface area is 236 Å². The smallest absolute Gasteiger partial charge is 0.264 e. The number of sulfonamides is 1. The van der Waals surface area contributed by atoms with Crippen LogP contribution in [0.15, 0.2) is 83.8 Å². The number of methoxy groups -OCH3 is 2. The van der Waals surface area contributed by atoms with Crippen molar-refractivity contribution in [1.82, 2.24) is 10.2 Å². The number of para-hydroxylation sites is 1. The molecule has 0 fully saturated rings. The van der Waals surface area contributed by atoms with Gasteiger partial charge in [-0.15, -0.1) is 0 Å². The summed E-state index contributed by atoms with van der Waals surface area (Å²) in [7, 11) is -1.11. The minimum Gasteiger partial charge on any atom is -0.497 e. The summed E-state index contributed by atoms with van der Waals surface area (Å²) in [6.07, 6.45) is 0.726. The molecule has 9 nitrogen and oxygen atoms in total. The molecule has 3 rings (SSSR count). The zero-order chi connectivity index (χ0) is 29.3. The average molecular weight is 568 g/mol. The number of ether oxygens (including phenoxy) is 2. The second kappa shape index (κ2) is 13.8. The number of hydrogen-bond donors (Lipinski definition) is 1. The molecule has 3 aromatic rings. The Kier molecular flexibility index (Phi) is 10.6. The van der Waals surface area contributed by atoms with Crippen LogP contribution in [0.4, 0.5) is 5.69 Å². The van der Waals surface area contributed by atoms with E-state index in [-0.39, 0.29) is 23.4 Å². The van der Waals surface area contributed by atoms with Crippen LogP contribution in [0.5, 0.6) is 11.5 Å². The van der Waals surface area contributed by atoms with E-state index in [1.54, 1.807) is 74.7 Å². The van der Waals surface area contributed by atoms with E-state index in [4.69, 9.17) is 9.47 Å². The standard InChI is InChI=1S/C30H37N3O6S/c1-6-22(2)31-30(35)23(3)32(20-24-11-10-14-27(19-24)39-5)29(34)21-33(25-12-8-7-9-13-25)40(36,37)28-17-15-26(38-4)16-18-28/h7-19,22-23H,6,20-21H2,1-5H3,(H,31,35)/t22-,23-/m1/s1. The van der Waals surface area contributed by atoms with E-state index in [1.165, 1.54) is 24.1 Å². The Morgan fingerprint density at radius 1 is 0.875 bits per heavy atom. The molecule has 2 atom stereocenters. The predicted octanol–water partition coefficient (Wildman–Crippen LogP) is 4.23. The van der Waals surface area contributed by atoms with Gasteiger partial charge in [0.25, 0.3) is 10.0 Å². The molecule has 0 saturated carbocycles. The van der Waals surface area contributed by atoms with Crippen molar-refractivity contribution in [3.05, 3.63) is 84.4 Å². The van der Waals surface area contributed by atoms with Crippen LogP contribution < -0.4 is 19.1 Å². The molecule has 10 heteroatoms. The van der Waals surface area contributed by atoms with Gasteiger partial charge >= 0.3 is 0 Å². The highest BCUT2D eigenvalue weighted by molar-refractivity contribution is 7.92. The molecular formula is C30H37N3O6S. The van der Waals surface area contributed by atoms with Crippen LogP contribution in [0.2, 0.25) is 0 Å². The molecule has 1 N–H and O–H groups in total. The van der Waals surface area contributed by atoms with Gasteiger partial charge < -0.3 is 19.7 Å². The van der Waals surface area contributed by atoms with E-state index in [1.807, 2.05) is 19.9 Å². The summed E-state index contributed by atoms with van der Waals surface area (Å²) in [4.78, 5) is 28.5. The maximum absolute atomic E-state index is 14.0. The Balaban J connectivity index is 2.01. The van der Waals surface area contributed by atoms with E-state index in [2.05, 4.69) is 5.32 Å². The van der Waals surface area contributed by atoms with Gasteiger partial charge in [-0.3, -0.25) is 13.9 Å². The molecule has 0 spiro atoms. The van der Waals surface area contributed by atoms with Gasteiger partial charge in [-0.05, 0) is 74.4 Å². The Morgan fingerprint density at radius 2 is 1.52 bits per heavy atom. The van der Waals surface area contributed by atoms with Gasteiger partial charge in [0.05, 0.1) is 24.8 Å². The second-order valence-electron chi connectivity index (χ2n) is 9.39. The normalized spacial score (nSPS) is 12.6. The van der Waals surface area contributed by atoms with Crippen molar-refractivity contribution in [1.29, 1.82) is 0 Å². The molecule has 0 saturated heterocycles.